The standard InChI is InChI=1S/C12H22O3/c1-2-3-4-5-8-11(13)9-6-7-10-12(14)15/h6-7,11,13H,2-5,8-10H2,1H3,(H,14,15)/b7-6-. The quantitative estimate of drug-likeness (QED) is 0.458. The van der Waals surface area contributed by atoms with Crippen LogP contribution in [-0.4, -0.2) is 22.3 Å². The van der Waals surface area contributed by atoms with Gasteiger partial charge in [-0.15, -0.1) is 0 Å². The second-order valence-corrected chi connectivity index (χ2v) is 3.81. The predicted molar refractivity (Wildman–Crippen MR) is 60.8 cm³/mol. The van der Waals surface area contributed by atoms with E-state index in [1.165, 1.54) is 19.3 Å². The first kappa shape index (κ1) is 14.2. The second-order valence-electron chi connectivity index (χ2n) is 3.81. The van der Waals surface area contributed by atoms with Crippen molar-refractivity contribution in [3.8, 4) is 0 Å². The Labute approximate surface area is 91.8 Å². The van der Waals surface area contributed by atoms with E-state index in [9.17, 15) is 9.90 Å². The Balaban J connectivity index is 3.36. The lowest BCUT2D eigenvalue weighted by Crippen LogP contribution is -2.04. The first-order valence-corrected chi connectivity index (χ1v) is 5.71. The average molecular weight is 214 g/mol. The zero-order chi connectivity index (χ0) is 11.5. The average Bonchev–Trinajstić information content (AvgIpc) is 2.19. The number of carboxylic acids is 1. The SMILES string of the molecule is CCCCCCC(O)C/C=C\CC(=O)O. The Morgan fingerprint density at radius 2 is 2.00 bits per heavy atom. The number of carboxylic acid groups (broad SMARTS) is 1. The summed E-state index contributed by atoms with van der Waals surface area (Å²) in [5.74, 6) is -0.830. The van der Waals surface area contributed by atoms with E-state index in [-0.39, 0.29) is 12.5 Å². The van der Waals surface area contributed by atoms with E-state index in [0.29, 0.717) is 6.42 Å². The smallest absolute Gasteiger partial charge is 0.307 e. The zero-order valence-electron chi connectivity index (χ0n) is 9.48. The van der Waals surface area contributed by atoms with Gasteiger partial charge in [0.2, 0.25) is 0 Å². The highest BCUT2D eigenvalue weighted by atomic mass is 16.4. The molecule has 0 fully saturated rings. The number of aliphatic carboxylic acids is 1. The molecule has 0 saturated heterocycles. The number of rotatable bonds is 9. The van der Waals surface area contributed by atoms with Crippen molar-refractivity contribution in [1.82, 2.24) is 0 Å². The highest BCUT2D eigenvalue weighted by Gasteiger charge is 2.00. The van der Waals surface area contributed by atoms with Crippen molar-refractivity contribution >= 4 is 5.97 Å². The molecule has 88 valence electrons. The van der Waals surface area contributed by atoms with Crippen molar-refractivity contribution in [2.24, 2.45) is 0 Å². The predicted octanol–water partition coefficient (Wildman–Crippen LogP) is 2.74. The second kappa shape index (κ2) is 9.71. The van der Waals surface area contributed by atoms with Gasteiger partial charge >= 0.3 is 5.97 Å². The molecule has 0 saturated carbocycles. The van der Waals surface area contributed by atoms with Crippen molar-refractivity contribution in [3.63, 3.8) is 0 Å². The third-order valence-corrected chi connectivity index (χ3v) is 2.26. The molecule has 15 heavy (non-hydrogen) atoms. The normalized spacial score (nSPS) is 13.2. The summed E-state index contributed by atoms with van der Waals surface area (Å²) in [6, 6.07) is 0. The van der Waals surface area contributed by atoms with Crippen LogP contribution in [0.15, 0.2) is 12.2 Å². The van der Waals surface area contributed by atoms with Crippen LogP contribution in [0.25, 0.3) is 0 Å². The van der Waals surface area contributed by atoms with Gasteiger partial charge in [0.15, 0.2) is 0 Å². The molecule has 0 heterocycles. The molecule has 0 spiro atoms. The van der Waals surface area contributed by atoms with E-state index in [1.54, 1.807) is 12.2 Å². The summed E-state index contributed by atoms with van der Waals surface area (Å²) in [4.78, 5) is 10.2. The van der Waals surface area contributed by atoms with Crippen molar-refractivity contribution in [3.05, 3.63) is 12.2 Å². The van der Waals surface area contributed by atoms with Crippen LogP contribution in [0.4, 0.5) is 0 Å². The minimum absolute atomic E-state index is 0.0442. The lowest BCUT2D eigenvalue weighted by atomic mass is 10.1. The van der Waals surface area contributed by atoms with Crippen LogP contribution >= 0.6 is 0 Å². The van der Waals surface area contributed by atoms with Crippen molar-refractivity contribution in [2.45, 2.75) is 58.0 Å². The van der Waals surface area contributed by atoms with Crippen LogP contribution in [0.5, 0.6) is 0 Å². The van der Waals surface area contributed by atoms with Gasteiger partial charge in [-0.05, 0) is 12.8 Å². The van der Waals surface area contributed by atoms with Crippen LogP contribution in [0.2, 0.25) is 0 Å². The van der Waals surface area contributed by atoms with Crippen molar-refractivity contribution < 1.29 is 15.0 Å². The van der Waals surface area contributed by atoms with E-state index in [1.807, 2.05) is 0 Å². The van der Waals surface area contributed by atoms with E-state index < -0.39 is 5.97 Å². The molecule has 0 aliphatic heterocycles. The molecule has 0 radical (unpaired) electrons. The van der Waals surface area contributed by atoms with E-state index >= 15 is 0 Å². The Bertz CT molecular complexity index is 187. The molecule has 0 rings (SSSR count). The molecule has 3 nitrogen and oxygen atoms in total. The van der Waals surface area contributed by atoms with Crippen LogP contribution in [0, 0.1) is 0 Å². The Hall–Kier alpha value is -0.830. The molecule has 0 aromatic rings. The molecule has 0 aromatic heterocycles. The van der Waals surface area contributed by atoms with Gasteiger partial charge in [-0.1, -0.05) is 44.8 Å². The van der Waals surface area contributed by atoms with E-state index in [0.717, 1.165) is 12.8 Å². The summed E-state index contributed by atoms with van der Waals surface area (Å²) < 4.78 is 0. The lowest BCUT2D eigenvalue weighted by Gasteiger charge is -2.06. The minimum Gasteiger partial charge on any atom is -0.481 e. The van der Waals surface area contributed by atoms with Gasteiger partial charge in [-0.25, -0.2) is 0 Å². The van der Waals surface area contributed by atoms with Crippen LogP contribution < -0.4 is 0 Å². The maximum Gasteiger partial charge on any atom is 0.307 e. The number of aliphatic hydroxyl groups excluding tert-OH is 1. The number of aliphatic hydroxyl groups is 1. The van der Waals surface area contributed by atoms with Gasteiger partial charge in [0, 0.05) is 0 Å². The first-order valence-electron chi connectivity index (χ1n) is 5.71. The summed E-state index contributed by atoms with van der Waals surface area (Å²) in [6.45, 7) is 2.16. The van der Waals surface area contributed by atoms with Gasteiger partial charge in [-0.2, -0.15) is 0 Å². The third kappa shape index (κ3) is 11.1. The minimum atomic E-state index is -0.830. The third-order valence-electron chi connectivity index (χ3n) is 2.26. The highest BCUT2D eigenvalue weighted by Crippen LogP contribution is 2.08. The molecule has 3 heteroatoms. The summed E-state index contributed by atoms with van der Waals surface area (Å²) in [7, 11) is 0. The number of unbranched alkanes of at least 4 members (excludes halogenated alkanes) is 3. The molecular weight excluding hydrogens is 192 g/mol. The van der Waals surface area contributed by atoms with E-state index in [4.69, 9.17) is 5.11 Å². The van der Waals surface area contributed by atoms with Crippen LogP contribution in [-0.2, 0) is 4.79 Å². The van der Waals surface area contributed by atoms with Crippen molar-refractivity contribution in [1.29, 1.82) is 0 Å². The Morgan fingerprint density at radius 3 is 2.60 bits per heavy atom. The molecule has 0 aliphatic rings. The molecule has 2 N–H and O–H groups in total. The topological polar surface area (TPSA) is 57.5 Å². The fourth-order valence-corrected chi connectivity index (χ4v) is 1.36. The van der Waals surface area contributed by atoms with Crippen LogP contribution in [0.3, 0.4) is 0 Å². The number of hydrogen-bond acceptors (Lipinski definition) is 2. The first-order chi connectivity index (χ1) is 7.16. The van der Waals surface area contributed by atoms with Gasteiger partial charge in [-0.3, -0.25) is 4.79 Å². The molecule has 0 aromatic carbocycles. The summed E-state index contributed by atoms with van der Waals surface area (Å²) >= 11 is 0. The largest absolute Gasteiger partial charge is 0.481 e. The molecule has 0 aliphatic carbocycles. The highest BCUT2D eigenvalue weighted by molar-refractivity contribution is 5.68. The lowest BCUT2D eigenvalue weighted by molar-refractivity contribution is -0.136. The number of hydrogen-bond donors (Lipinski definition) is 2. The zero-order valence-corrected chi connectivity index (χ0v) is 9.48. The maximum atomic E-state index is 10.2. The monoisotopic (exact) mass is 214 g/mol. The molecule has 0 bridgehead atoms. The van der Waals surface area contributed by atoms with Crippen LogP contribution in [0.1, 0.15) is 51.9 Å². The van der Waals surface area contributed by atoms with Gasteiger partial charge in [0.25, 0.3) is 0 Å². The Morgan fingerprint density at radius 1 is 1.27 bits per heavy atom. The molecule has 0 amide bonds. The molecular formula is C12H22O3. The molecule has 1 atom stereocenters. The van der Waals surface area contributed by atoms with E-state index in [2.05, 4.69) is 6.92 Å². The van der Waals surface area contributed by atoms with Gasteiger partial charge in [0.1, 0.15) is 0 Å². The fourth-order valence-electron chi connectivity index (χ4n) is 1.36. The maximum absolute atomic E-state index is 10.2. The summed E-state index contributed by atoms with van der Waals surface area (Å²) in [5.41, 5.74) is 0. The van der Waals surface area contributed by atoms with Gasteiger partial charge in [0.05, 0.1) is 12.5 Å². The summed E-state index contributed by atoms with van der Waals surface area (Å²) in [6.07, 6.45) is 9.12. The molecule has 1 unspecified atom stereocenters. The van der Waals surface area contributed by atoms with Gasteiger partial charge < -0.3 is 10.2 Å². The Kier molecular flexibility index (Phi) is 9.18. The number of carbonyl (C=O) groups is 1. The summed E-state index contributed by atoms with van der Waals surface area (Å²) in [5, 5.41) is 17.9. The fraction of sp³-hybridized carbons (Fsp3) is 0.750. The van der Waals surface area contributed by atoms with Crippen molar-refractivity contribution in [2.75, 3.05) is 0 Å².